The summed E-state index contributed by atoms with van der Waals surface area (Å²) in [5.74, 6) is -0.931. The number of anilines is 1. The van der Waals surface area contributed by atoms with E-state index >= 15 is 0 Å². The highest BCUT2D eigenvalue weighted by molar-refractivity contribution is 5.97. The highest BCUT2D eigenvalue weighted by Crippen LogP contribution is 2.27. The Hall–Kier alpha value is -3.41. The van der Waals surface area contributed by atoms with Gasteiger partial charge in [0.1, 0.15) is 11.6 Å². The molecule has 0 aliphatic carbocycles. The number of ether oxygens (including phenoxy) is 1. The molecule has 1 aliphatic rings. The lowest BCUT2D eigenvalue weighted by atomic mass is 10.0. The summed E-state index contributed by atoms with van der Waals surface area (Å²) in [6.45, 7) is 0.239. The molecule has 0 N–H and O–H groups in total. The number of hydrogen-bond donors (Lipinski definition) is 0. The fraction of sp³-hybridized carbons (Fsp3) is 0.182. The summed E-state index contributed by atoms with van der Waals surface area (Å²) < 4.78 is 23.6. The number of benzene rings is 2. The zero-order valence-electron chi connectivity index (χ0n) is 15.1. The Morgan fingerprint density at radius 3 is 2.64 bits per heavy atom. The third-order valence-electron chi connectivity index (χ3n) is 4.67. The molecule has 0 unspecified atom stereocenters. The molecule has 3 aromatic rings. The quantitative estimate of drug-likeness (QED) is 0.637. The van der Waals surface area contributed by atoms with Gasteiger partial charge >= 0.3 is 5.97 Å². The number of nitrogens with zero attached hydrogens (tertiary/aromatic N) is 1. The van der Waals surface area contributed by atoms with E-state index in [1.54, 1.807) is 23.1 Å². The lowest BCUT2D eigenvalue weighted by molar-refractivity contribution is -0.121. The molecule has 0 radical (unpaired) electrons. The van der Waals surface area contributed by atoms with Crippen molar-refractivity contribution in [3.05, 3.63) is 77.8 Å². The normalized spacial score (nSPS) is 13.1. The maximum Gasteiger partial charge on any atom is 0.374 e. The van der Waals surface area contributed by atoms with Gasteiger partial charge in [-0.15, -0.1) is 0 Å². The van der Waals surface area contributed by atoms with Gasteiger partial charge in [-0.05, 0) is 60.9 Å². The van der Waals surface area contributed by atoms with Gasteiger partial charge in [0.2, 0.25) is 5.76 Å². The second-order valence-corrected chi connectivity index (χ2v) is 6.52. The number of fused-ring (bicyclic) bond motifs is 1. The predicted octanol–water partition coefficient (Wildman–Crippen LogP) is 4.22. The number of para-hydroxylation sites is 1. The van der Waals surface area contributed by atoms with Gasteiger partial charge in [-0.1, -0.05) is 18.2 Å². The predicted molar refractivity (Wildman–Crippen MR) is 102 cm³/mol. The topological polar surface area (TPSA) is 59.8 Å². The molecule has 0 fully saturated rings. The molecule has 5 nitrogen and oxygen atoms in total. The van der Waals surface area contributed by atoms with E-state index in [1.807, 2.05) is 24.3 Å². The van der Waals surface area contributed by atoms with Crippen LogP contribution in [0.4, 0.5) is 10.1 Å². The molecule has 0 bridgehead atoms. The van der Waals surface area contributed by atoms with Gasteiger partial charge in [-0.25, -0.2) is 9.18 Å². The highest BCUT2D eigenvalue weighted by Gasteiger charge is 2.24. The Kier molecular flexibility index (Phi) is 4.93. The molecular formula is C22H18FNO4. The second-order valence-electron chi connectivity index (χ2n) is 6.52. The Labute approximate surface area is 161 Å². The van der Waals surface area contributed by atoms with Crippen molar-refractivity contribution < 1.29 is 23.1 Å². The monoisotopic (exact) mass is 379 g/mol. The van der Waals surface area contributed by atoms with Crippen molar-refractivity contribution in [1.29, 1.82) is 0 Å². The van der Waals surface area contributed by atoms with Gasteiger partial charge in [0, 0.05) is 17.8 Å². The van der Waals surface area contributed by atoms with Crippen molar-refractivity contribution >= 4 is 17.6 Å². The molecular weight excluding hydrogens is 361 g/mol. The van der Waals surface area contributed by atoms with Crippen molar-refractivity contribution in [2.75, 3.05) is 18.1 Å². The summed E-state index contributed by atoms with van der Waals surface area (Å²) in [7, 11) is 0. The summed E-state index contributed by atoms with van der Waals surface area (Å²) in [6.07, 6.45) is 1.80. The third kappa shape index (κ3) is 3.67. The van der Waals surface area contributed by atoms with Gasteiger partial charge in [-0.2, -0.15) is 0 Å². The van der Waals surface area contributed by atoms with E-state index in [1.165, 1.54) is 18.2 Å². The Morgan fingerprint density at radius 2 is 1.82 bits per heavy atom. The van der Waals surface area contributed by atoms with Crippen LogP contribution in [0.3, 0.4) is 0 Å². The number of rotatable bonds is 4. The third-order valence-corrected chi connectivity index (χ3v) is 4.67. The second kappa shape index (κ2) is 7.68. The Bertz CT molecular complexity index is 1010. The zero-order valence-corrected chi connectivity index (χ0v) is 15.1. The standard InChI is InChI=1S/C22H18FNO4/c23-17-9-7-16(8-10-17)19-11-12-20(28-19)22(26)27-14-21(25)24-13-3-5-15-4-1-2-6-18(15)24/h1-2,4,6-12H,3,5,13-14H2. The molecule has 0 spiro atoms. The fourth-order valence-electron chi connectivity index (χ4n) is 3.29. The van der Waals surface area contributed by atoms with Crippen LogP contribution in [-0.4, -0.2) is 25.0 Å². The summed E-state index contributed by atoms with van der Waals surface area (Å²) in [5.41, 5.74) is 2.62. The molecule has 1 aliphatic heterocycles. The first-order valence-electron chi connectivity index (χ1n) is 9.03. The van der Waals surface area contributed by atoms with Crippen LogP contribution in [0.5, 0.6) is 0 Å². The molecule has 28 heavy (non-hydrogen) atoms. The van der Waals surface area contributed by atoms with E-state index in [2.05, 4.69) is 0 Å². The summed E-state index contributed by atoms with van der Waals surface area (Å²) in [5, 5.41) is 0. The summed E-state index contributed by atoms with van der Waals surface area (Å²) in [4.78, 5) is 26.4. The van der Waals surface area contributed by atoms with Crippen molar-refractivity contribution in [2.45, 2.75) is 12.8 Å². The molecule has 4 rings (SSSR count). The molecule has 1 amide bonds. The number of amides is 1. The molecule has 6 heteroatoms. The Balaban J connectivity index is 1.40. The lowest BCUT2D eigenvalue weighted by Gasteiger charge is -2.29. The van der Waals surface area contributed by atoms with Crippen LogP contribution in [-0.2, 0) is 16.0 Å². The SMILES string of the molecule is O=C(OCC(=O)N1CCCc2ccccc21)c1ccc(-c2ccc(F)cc2)o1. The van der Waals surface area contributed by atoms with Crippen LogP contribution >= 0.6 is 0 Å². The van der Waals surface area contributed by atoms with Crippen LogP contribution in [0.25, 0.3) is 11.3 Å². The van der Waals surface area contributed by atoms with Gasteiger partial charge < -0.3 is 14.1 Å². The van der Waals surface area contributed by atoms with Gasteiger partial charge in [0.25, 0.3) is 5.91 Å². The summed E-state index contributed by atoms with van der Waals surface area (Å²) in [6, 6.07) is 16.5. The highest BCUT2D eigenvalue weighted by atomic mass is 19.1. The van der Waals surface area contributed by atoms with Crippen molar-refractivity contribution in [3.8, 4) is 11.3 Å². The number of carbonyl (C=O) groups is 2. The molecule has 0 atom stereocenters. The van der Waals surface area contributed by atoms with E-state index in [-0.39, 0.29) is 24.1 Å². The van der Waals surface area contributed by atoms with E-state index < -0.39 is 5.97 Å². The van der Waals surface area contributed by atoms with Crippen molar-refractivity contribution in [3.63, 3.8) is 0 Å². The average molecular weight is 379 g/mol. The van der Waals surface area contributed by atoms with Crippen LogP contribution in [0, 0.1) is 5.82 Å². The summed E-state index contributed by atoms with van der Waals surface area (Å²) >= 11 is 0. The smallest absolute Gasteiger partial charge is 0.374 e. The molecule has 2 aromatic carbocycles. The lowest BCUT2D eigenvalue weighted by Crippen LogP contribution is -2.38. The molecule has 2 heterocycles. The minimum absolute atomic E-state index is 0.00818. The van der Waals surface area contributed by atoms with Crippen LogP contribution < -0.4 is 4.90 Å². The fourth-order valence-corrected chi connectivity index (χ4v) is 3.29. The van der Waals surface area contributed by atoms with E-state index in [9.17, 15) is 14.0 Å². The Morgan fingerprint density at radius 1 is 1.04 bits per heavy atom. The first-order valence-corrected chi connectivity index (χ1v) is 9.03. The van der Waals surface area contributed by atoms with Crippen LogP contribution in [0.2, 0.25) is 0 Å². The van der Waals surface area contributed by atoms with Crippen molar-refractivity contribution in [2.24, 2.45) is 0 Å². The van der Waals surface area contributed by atoms with Crippen molar-refractivity contribution in [1.82, 2.24) is 0 Å². The van der Waals surface area contributed by atoms with Crippen LogP contribution in [0.15, 0.2) is 65.1 Å². The minimum Gasteiger partial charge on any atom is -0.450 e. The maximum absolute atomic E-state index is 13.0. The molecule has 142 valence electrons. The largest absolute Gasteiger partial charge is 0.450 e. The zero-order chi connectivity index (χ0) is 19.5. The van der Waals surface area contributed by atoms with Gasteiger partial charge in [0.05, 0.1) is 0 Å². The van der Waals surface area contributed by atoms with E-state index in [4.69, 9.17) is 9.15 Å². The number of hydrogen-bond acceptors (Lipinski definition) is 4. The molecule has 1 aromatic heterocycles. The first kappa shape index (κ1) is 18.0. The minimum atomic E-state index is -0.716. The maximum atomic E-state index is 13.0. The first-order chi connectivity index (χ1) is 13.6. The molecule has 0 saturated carbocycles. The van der Waals surface area contributed by atoms with Gasteiger partial charge in [0.15, 0.2) is 6.61 Å². The van der Waals surface area contributed by atoms with E-state index in [0.717, 1.165) is 24.1 Å². The number of esters is 1. The number of halogens is 1. The average Bonchev–Trinajstić information content (AvgIpc) is 3.22. The van der Waals surface area contributed by atoms with E-state index in [0.29, 0.717) is 17.9 Å². The van der Waals surface area contributed by atoms with Gasteiger partial charge in [-0.3, -0.25) is 4.79 Å². The number of aryl methyl sites for hydroxylation is 1. The molecule has 0 saturated heterocycles. The number of furan rings is 1. The number of carbonyl (C=O) groups excluding carboxylic acids is 2. The van der Waals surface area contributed by atoms with Crippen LogP contribution in [0.1, 0.15) is 22.5 Å².